The second kappa shape index (κ2) is 6.67. The third-order valence-electron chi connectivity index (χ3n) is 5.23. The molecule has 1 saturated carbocycles. The van der Waals surface area contributed by atoms with Gasteiger partial charge >= 0.3 is 0 Å². The van der Waals surface area contributed by atoms with Crippen molar-refractivity contribution in [1.29, 1.82) is 0 Å². The largest absolute Gasteiger partial charge is 0.494 e. The van der Waals surface area contributed by atoms with Crippen LogP contribution in [-0.2, 0) is 4.74 Å². The van der Waals surface area contributed by atoms with Crippen molar-refractivity contribution in [3.05, 3.63) is 36.0 Å². The first kappa shape index (κ1) is 16.4. The first-order chi connectivity index (χ1) is 12.2. The fourth-order valence-corrected chi connectivity index (χ4v) is 3.61. The van der Waals surface area contributed by atoms with Gasteiger partial charge in [0.25, 0.3) is 5.89 Å². The van der Waals surface area contributed by atoms with Gasteiger partial charge in [-0.1, -0.05) is 0 Å². The lowest BCUT2D eigenvalue weighted by Gasteiger charge is -2.21. The summed E-state index contributed by atoms with van der Waals surface area (Å²) in [5.74, 6) is 3.24. The minimum atomic E-state index is -0.288. The van der Waals surface area contributed by atoms with Crippen LogP contribution in [0.2, 0.25) is 0 Å². The molecule has 1 aliphatic carbocycles. The lowest BCUT2D eigenvalue weighted by Crippen LogP contribution is -2.18. The van der Waals surface area contributed by atoms with Crippen LogP contribution in [0.25, 0.3) is 0 Å². The molecule has 134 valence electrons. The van der Waals surface area contributed by atoms with Crippen LogP contribution in [0.3, 0.4) is 0 Å². The molecule has 2 fully saturated rings. The number of hydrogen-bond donors (Lipinski definition) is 0. The van der Waals surface area contributed by atoms with E-state index in [9.17, 15) is 0 Å². The molecular weight excluding hydrogens is 320 g/mol. The van der Waals surface area contributed by atoms with Gasteiger partial charge in [0.1, 0.15) is 11.5 Å². The maximum absolute atomic E-state index is 5.92. The lowest BCUT2D eigenvalue weighted by atomic mass is 9.94. The Morgan fingerprint density at radius 1 is 1.16 bits per heavy atom. The van der Waals surface area contributed by atoms with Crippen LogP contribution >= 0.6 is 0 Å². The summed E-state index contributed by atoms with van der Waals surface area (Å²) in [5, 5.41) is 8.47. The summed E-state index contributed by atoms with van der Waals surface area (Å²) in [7, 11) is 0. The van der Waals surface area contributed by atoms with Gasteiger partial charge in [0.2, 0.25) is 5.89 Å². The van der Waals surface area contributed by atoms with Gasteiger partial charge in [-0.2, -0.15) is 0 Å². The molecule has 0 unspecified atom stereocenters. The number of hydrogen-bond acceptors (Lipinski definition) is 6. The van der Waals surface area contributed by atoms with Crippen LogP contribution in [0.1, 0.15) is 56.9 Å². The molecule has 1 aromatic carbocycles. The lowest BCUT2D eigenvalue weighted by molar-refractivity contribution is 0.0545. The molecule has 0 N–H and O–H groups in total. The molecule has 2 aliphatic rings. The zero-order valence-corrected chi connectivity index (χ0v) is 14.7. The van der Waals surface area contributed by atoms with Gasteiger partial charge in [-0.05, 0) is 62.8 Å². The molecule has 0 bridgehead atoms. The summed E-state index contributed by atoms with van der Waals surface area (Å²) in [6.07, 6.45) is 3.02. The maximum Gasteiger partial charge on any atom is 0.256 e. The Bertz CT molecular complexity index is 706. The smallest absolute Gasteiger partial charge is 0.256 e. The molecule has 2 aromatic rings. The van der Waals surface area contributed by atoms with Crippen LogP contribution in [-0.4, -0.2) is 30.0 Å². The minimum Gasteiger partial charge on any atom is -0.494 e. The van der Waals surface area contributed by atoms with Crippen LogP contribution in [0.15, 0.2) is 28.7 Å². The van der Waals surface area contributed by atoms with Crippen molar-refractivity contribution in [3.8, 4) is 11.5 Å². The maximum atomic E-state index is 5.92. The third kappa shape index (κ3) is 3.35. The predicted molar refractivity (Wildman–Crippen MR) is 90.8 cm³/mol. The van der Waals surface area contributed by atoms with Crippen molar-refractivity contribution in [1.82, 2.24) is 10.2 Å². The van der Waals surface area contributed by atoms with Crippen LogP contribution in [0.5, 0.6) is 11.5 Å². The standard InChI is InChI=1S/C19H24N2O4/c1-3-23-14-4-6-15(7-5-14)24-13(2)17-20-21-18(25-17)16-12-19(16)8-10-22-11-9-19/h4-7,13,16H,3,8-12H2,1-2H3/t13-,16+/m1/s1. The summed E-state index contributed by atoms with van der Waals surface area (Å²) < 4.78 is 22.7. The van der Waals surface area contributed by atoms with Gasteiger partial charge in [-0.15, -0.1) is 10.2 Å². The molecule has 2 heterocycles. The average Bonchev–Trinajstić information content (AvgIpc) is 3.09. The highest BCUT2D eigenvalue weighted by atomic mass is 16.5. The molecule has 0 radical (unpaired) electrons. The fraction of sp³-hybridized carbons (Fsp3) is 0.579. The van der Waals surface area contributed by atoms with Gasteiger partial charge in [-0.25, -0.2) is 0 Å². The monoisotopic (exact) mass is 344 g/mol. The molecule has 1 aliphatic heterocycles. The quantitative estimate of drug-likeness (QED) is 0.792. The second-order valence-corrected chi connectivity index (χ2v) is 6.87. The van der Waals surface area contributed by atoms with E-state index in [1.807, 2.05) is 38.1 Å². The molecule has 2 atom stereocenters. The highest BCUT2D eigenvalue weighted by Crippen LogP contribution is 2.64. The SMILES string of the molecule is CCOc1ccc(O[C@H](C)c2nnc([C@@H]3CC34CCOCC4)o2)cc1. The van der Waals surface area contributed by atoms with Gasteiger partial charge < -0.3 is 18.6 Å². The van der Waals surface area contributed by atoms with E-state index in [4.69, 9.17) is 18.6 Å². The fourth-order valence-electron chi connectivity index (χ4n) is 3.61. The van der Waals surface area contributed by atoms with Crippen molar-refractivity contribution in [2.24, 2.45) is 5.41 Å². The average molecular weight is 344 g/mol. The summed E-state index contributed by atoms with van der Waals surface area (Å²) in [4.78, 5) is 0. The van der Waals surface area contributed by atoms with E-state index >= 15 is 0 Å². The first-order valence-electron chi connectivity index (χ1n) is 9.01. The molecular formula is C19H24N2O4. The zero-order chi connectivity index (χ0) is 17.3. The van der Waals surface area contributed by atoms with Crippen LogP contribution in [0.4, 0.5) is 0 Å². The molecule has 1 aromatic heterocycles. The Morgan fingerprint density at radius 2 is 1.88 bits per heavy atom. The van der Waals surface area contributed by atoms with E-state index in [1.165, 1.54) is 0 Å². The van der Waals surface area contributed by atoms with E-state index < -0.39 is 0 Å². The minimum absolute atomic E-state index is 0.288. The van der Waals surface area contributed by atoms with Crippen LogP contribution < -0.4 is 9.47 Å². The van der Waals surface area contributed by atoms with Gasteiger partial charge in [0, 0.05) is 19.1 Å². The Morgan fingerprint density at radius 3 is 2.60 bits per heavy atom. The first-order valence-corrected chi connectivity index (χ1v) is 9.01. The Balaban J connectivity index is 1.38. The normalized spacial score (nSPS) is 22.6. The van der Waals surface area contributed by atoms with Crippen molar-refractivity contribution in [2.75, 3.05) is 19.8 Å². The van der Waals surface area contributed by atoms with Crippen molar-refractivity contribution >= 4 is 0 Å². The molecule has 25 heavy (non-hydrogen) atoms. The molecule has 6 nitrogen and oxygen atoms in total. The molecule has 0 amide bonds. The summed E-state index contributed by atoms with van der Waals surface area (Å²) in [5.41, 5.74) is 0.335. The van der Waals surface area contributed by atoms with Crippen molar-refractivity contribution < 1.29 is 18.6 Å². The van der Waals surface area contributed by atoms with Gasteiger partial charge in [-0.3, -0.25) is 0 Å². The second-order valence-electron chi connectivity index (χ2n) is 6.87. The summed E-state index contributed by atoms with van der Waals surface area (Å²) in [6.45, 7) is 6.22. The number of benzene rings is 1. The van der Waals surface area contributed by atoms with E-state index in [0.717, 1.165) is 49.9 Å². The number of nitrogens with zero attached hydrogens (tertiary/aromatic N) is 2. The summed E-state index contributed by atoms with van der Waals surface area (Å²) >= 11 is 0. The van der Waals surface area contributed by atoms with E-state index in [2.05, 4.69) is 10.2 Å². The van der Waals surface area contributed by atoms with Gasteiger partial charge in [0.05, 0.1) is 6.61 Å². The van der Waals surface area contributed by atoms with Crippen molar-refractivity contribution in [2.45, 2.75) is 45.1 Å². The molecule has 1 saturated heterocycles. The van der Waals surface area contributed by atoms with Crippen molar-refractivity contribution in [3.63, 3.8) is 0 Å². The molecule has 1 spiro atoms. The molecule has 4 rings (SSSR count). The highest BCUT2D eigenvalue weighted by Gasteiger charge is 2.57. The Hall–Kier alpha value is -2.08. The molecule has 6 heteroatoms. The number of rotatable bonds is 6. The van der Waals surface area contributed by atoms with Gasteiger partial charge in [0.15, 0.2) is 6.10 Å². The highest BCUT2D eigenvalue weighted by molar-refractivity contribution is 5.31. The van der Waals surface area contributed by atoms with E-state index in [-0.39, 0.29) is 6.10 Å². The Labute approximate surface area is 147 Å². The summed E-state index contributed by atoms with van der Waals surface area (Å²) in [6, 6.07) is 7.56. The number of aromatic nitrogens is 2. The number of ether oxygens (including phenoxy) is 3. The third-order valence-corrected chi connectivity index (χ3v) is 5.23. The zero-order valence-electron chi connectivity index (χ0n) is 14.7. The van der Waals surface area contributed by atoms with Crippen LogP contribution in [0, 0.1) is 5.41 Å². The van der Waals surface area contributed by atoms with E-state index in [1.54, 1.807) is 0 Å². The predicted octanol–water partition coefficient (Wildman–Crippen LogP) is 3.89. The topological polar surface area (TPSA) is 66.6 Å². The van der Waals surface area contributed by atoms with E-state index in [0.29, 0.717) is 23.8 Å². The Kier molecular flexibility index (Phi) is 4.37.